The van der Waals surface area contributed by atoms with Crippen molar-refractivity contribution < 1.29 is 19.5 Å². The van der Waals surface area contributed by atoms with Crippen molar-refractivity contribution in [2.24, 2.45) is 0 Å². The van der Waals surface area contributed by atoms with Crippen LogP contribution < -0.4 is 5.32 Å². The zero-order chi connectivity index (χ0) is 13.9. The molecule has 1 aromatic heterocycles. The fourth-order valence-corrected chi connectivity index (χ4v) is 1.40. The number of aliphatic hydroxyl groups is 1. The monoisotopic (exact) mass is 257 g/mol. The molecule has 0 aromatic carbocycles. The van der Waals surface area contributed by atoms with E-state index < -0.39 is 18.2 Å². The molecule has 0 aliphatic rings. The third-order valence-electron chi connectivity index (χ3n) is 2.48. The highest BCUT2D eigenvalue weighted by Gasteiger charge is 2.28. The van der Waals surface area contributed by atoms with Gasteiger partial charge in [0.1, 0.15) is 6.10 Å². The van der Waals surface area contributed by atoms with Crippen molar-refractivity contribution in [2.75, 3.05) is 0 Å². The van der Waals surface area contributed by atoms with E-state index >= 15 is 0 Å². The van der Waals surface area contributed by atoms with Gasteiger partial charge in [-0.3, -0.25) is 0 Å². The van der Waals surface area contributed by atoms with Crippen molar-refractivity contribution in [1.29, 1.82) is 0 Å². The second-order valence-corrected chi connectivity index (χ2v) is 5.12. The Morgan fingerprint density at radius 2 is 2.11 bits per heavy atom. The molecule has 7 nitrogen and oxygen atoms in total. The fourth-order valence-electron chi connectivity index (χ4n) is 1.40. The molecule has 0 aliphatic heterocycles. The zero-order valence-corrected chi connectivity index (χ0v) is 11.0. The molecule has 0 fully saturated rings. The van der Waals surface area contributed by atoms with Gasteiger partial charge in [-0.25, -0.2) is 4.79 Å². The number of hydrogen-bond donors (Lipinski definition) is 3. The first kappa shape index (κ1) is 14.4. The normalized spacial score (nSPS) is 15.2. The second-order valence-electron chi connectivity index (χ2n) is 5.12. The van der Waals surface area contributed by atoms with Gasteiger partial charge >= 0.3 is 6.09 Å². The van der Waals surface area contributed by atoms with Gasteiger partial charge in [-0.2, -0.15) is 4.98 Å². The Bertz CT molecular complexity index is 411. The lowest BCUT2D eigenvalue weighted by atomic mass is 9.97. The number of carboxylic acid groups (broad SMARTS) is 1. The molecule has 0 radical (unpaired) electrons. The Morgan fingerprint density at radius 1 is 1.50 bits per heavy atom. The summed E-state index contributed by atoms with van der Waals surface area (Å²) in [5, 5.41) is 24.6. The van der Waals surface area contributed by atoms with Crippen LogP contribution in [0.2, 0.25) is 0 Å². The van der Waals surface area contributed by atoms with E-state index in [0.29, 0.717) is 12.3 Å². The average molecular weight is 257 g/mol. The number of amides is 1. The molecule has 1 heterocycles. The first-order valence-electron chi connectivity index (χ1n) is 5.77. The third kappa shape index (κ3) is 3.43. The fraction of sp³-hybridized carbons (Fsp3) is 0.727. The van der Waals surface area contributed by atoms with Gasteiger partial charge in [0.05, 0.1) is 6.04 Å². The Balaban J connectivity index is 2.85. The highest BCUT2D eigenvalue weighted by Crippen LogP contribution is 2.23. The molecule has 1 unspecified atom stereocenters. The van der Waals surface area contributed by atoms with Gasteiger partial charge in [0.15, 0.2) is 0 Å². The second kappa shape index (κ2) is 5.34. The molecule has 2 atom stereocenters. The first-order valence-corrected chi connectivity index (χ1v) is 5.77. The van der Waals surface area contributed by atoms with Crippen LogP contribution in [-0.4, -0.2) is 32.5 Å². The highest BCUT2D eigenvalue weighted by molar-refractivity contribution is 5.64. The summed E-state index contributed by atoms with van der Waals surface area (Å²) in [5.74, 6) is 0.502. The van der Waals surface area contributed by atoms with Gasteiger partial charge in [0.2, 0.25) is 11.7 Å². The highest BCUT2D eigenvalue weighted by atomic mass is 16.5. The van der Waals surface area contributed by atoms with Crippen LogP contribution >= 0.6 is 0 Å². The van der Waals surface area contributed by atoms with E-state index in [1.165, 1.54) is 0 Å². The van der Waals surface area contributed by atoms with E-state index in [-0.39, 0.29) is 11.2 Å². The molecule has 0 aliphatic carbocycles. The van der Waals surface area contributed by atoms with Crippen LogP contribution in [0.15, 0.2) is 4.52 Å². The molecular formula is C11H19N3O4. The van der Waals surface area contributed by atoms with Gasteiger partial charge in [0, 0.05) is 5.41 Å². The van der Waals surface area contributed by atoms with Gasteiger partial charge in [-0.15, -0.1) is 0 Å². The minimum absolute atomic E-state index is 0.0977. The maximum atomic E-state index is 10.6. The molecule has 0 spiro atoms. The molecule has 18 heavy (non-hydrogen) atoms. The van der Waals surface area contributed by atoms with Crippen molar-refractivity contribution in [3.63, 3.8) is 0 Å². The van der Waals surface area contributed by atoms with E-state index in [0.717, 1.165) is 0 Å². The van der Waals surface area contributed by atoms with E-state index in [4.69, 9.17) is 9.63 Å². The van der Waals surface area contributed by atoms with E-state index in [1.54, 1.807) is 6.92 Å². The smallest absolute Gasteiger partial charge is 0.404 e. The molecule has 0 saturated carbocycles. The quantitative estimate of drug-likeness (QED) is 0.753. The Labute approximate surface area is 105 Å². The van der Waals surface area contributed by atoms with Crippen LogP contribution in [0.25, 0.3) is 0 Å². The Kier molecular flexibility index (Phi) is 4.28. The number of nitrogens with zero attached hydrogens (tertiary/aromatic N) is 2. The van der Waals surface area contributed by atoms with Crippen LogP contribution in [0.5, 0.6) is 0 Å². The maximum absolute atomic E-state index is 10.6. The van der Waals surface area contributed by atoms with Crippen molar-refractivity contribution in [3.05, 3.63) is 11.7 Å². The largest absolute Gasteiger partial charge is 0.465 e. The summed E-state index contributed by atoms with van der Waals surface area (Å²) in [5.41, 5.74) is -0.313. The topological polar surface area (TPSA) is 108 Å². The molecule has 1 amide bonds. The van der Waals surface area contributed by atoms with Crippen molar-refractivity contribution in [1.82, 2.24) is 15.5 Å². The van der Waals surface area contributed by atoms with Crippen LogP contribution in [0.4, 0.5) is 4.79 Å². The predicted molar refractivity (Wildman–Crippen MR) is 63.2 cm³/mol. The lowest BCUT2D eigenvalue weighted by Crippen LogP contribution is -2.38. The lowest BCUT2D eigenvalue weighted by Gasteiger charge is -2.18. The number of rotatable bonds is 4. The standard InChI is InChI=1S/C11H19N3O4/c1-5-6(12-10(16)17)7(15)8-13-9(18-14-8)11(2,3)4/h6-7,12,15H,5H2,1-4H3,(H,16,17)/t6?,7-/m0/s1. The number of hydrogen-bond acceptors (Lipinski definition) is 5. The van der Waals surface area contributed by atoms with Gasteiger partial charge in [-0.05, 0) is 6.42 Å². The van der Waals surface area contributed by atoms with Crippen LogP contribution in [0, 0.1) is 0 Å². The van der Waals surface area contributed by atoms with Crippen LogP contribution in [0.3, 0.4) is 0 Å². The van der Waals surface area contributed by atoms with Gasteiger partial charge < -0.3 is 20.1 Å². The molecule has 7 heteroatoms. The van der Waals surface area contributed by atoms with Crippen LogP contribution in [0.1, 0.15) is 51.9 Å². The summed E-state index contributed by atoms with van der Waals surface area (Å²) >= 11 is 0. The van der Waals surface area contributed by atoms with Crippen LogP contribution in [-0.2, 0) is 5.41 Å². The molecule has 1 rings (SSSR count). The third-order valence-corrected chi connectivity index (χ3v) is 2.48. The van der Waals surface area contributed by atoms with Gasteiger partial charge in [-0.1, -0.05) is 32.9 Å². The molecular weight excluding hydrogens is 238 g/mol. The summed E-state index contributed by atoms with van der Waals surface area (Å²) in [6, 6.07) is -0.659. The molecule has 102 valence electrons. The van der Waals surface area contributed by atoms with E-state index in [1.807, 2.05) is 20.8 Å². The van der Waals surface area contributed by atoms with Crippen molar-refractivity contribution in [3.8, 4) is 0 Å². The minimum atomic E-state index is -1.19. The maximum Gasteiger partial charge on any atom is 0.404 e. The lowest BCUT2D eigenvalue weighted by molar-refractivity contribution is 0.109. The van der Waals surface area contributed by atoms with Crippen molar-refractivity contribution >= 4 is 6.09 Å². The average Bonchev–Trinajstić information content (AvgIpc) is 2.73. The molecule has 1 aromatic rings. The summed E-state index contributed by atoms with van der Waals surface area (Å²) in [6.07, 6.45) is -1.89. The number of aliphatic hydroxyl groups excluding tert-OH is 1. The number of nitrogens with one attached hydrogen (secondary N) is 1. The predicted octanol–water partition coefficient (Wildman–Crippen LogP) is 1.45. The Morgan fingerprint density at radius 3 is 2.50 bits per heavy atom. The van der Waals surface area contributed by atoms with E-state index in [2.05, 4.69) is 15.5 Å². The number of aromatic nitrogens is 2. The summed E-state index contributed by atoms with van der Waals surface area (Å²) in [6.45, 7) is 7.48. The van der Waals surface area contributed by atoms with Gasteiger partial charge in [0.25, 0.3) is 0 Å². The number of carbonyl (C=O) groups is 1. The van der Waals surface area contributed by atoms with E-state index in [9.17, 15) is 9.90 Å². The minimum Gasteiger partial charge on any atom is -0.465 e. The molecule has 0 saturated heterocycles. The summed E-state index contributed by atoms with van der Waals surface area (Å²) in [7, 11) is 0. The first-order chi connectivity index (χ1) is 8.25. The Hall–Kier alpha value is -1.63. The zero-order valence-electron chi connectivity index (χ0n) is 11.0. The SMILES string of the molecule is CCC(NC(=O)O)[C@H](O)c1noc(C(C)(C)C)n1. The summed E-state index contributed by atoms with van der Waals surface area (Å²) in [4.78, 5) is 14.7. The summed E-state index contributed by atoms with van der Waals surface area (Å²) < 4.78 is 5.05. The van der Waals surface area contributed by atoms with Crippen molar-refractivity contribution in [2.45, 2.75) is 51.7 Å². The molecule has 0 bridgehead atoms. The molecule has 3 N–H and O–H groups in total.